The van der Waals surface area contributed by atoms with E-state index in [0.717, 1.165) is 6.42 Å². The third-order valence-corrected chi connectivity index (χ3v) is 5.87. The number of nitrogens with zero attached hydrogens (tertiary/aromatic N) is 1. The van der Waals surface area contributed by atoms with Crippen molar-refractivity contribution < 1.29 is 13.2 Å². The first-order chi connectivity index (χ1) is 9.90. The summed E-state index contributed by atoms with van der Waals surface area (Å²) in [6, 6.07) is 6.53. The smallest absolute Gasteiger partial charge is 0.255 e. The topological polar surface area (TPSA) is 80.5 Å². The molecule has 0 radical (unpaired) electrons. The van der Waals surface area contributed by atoms with Crippen molar-refractivity contribution in [1.82, 2.24) is 4.90 Å². The Morgan fingerprint density at radius 3 is 2.62 bits per heavy atom. The van der Waals surface area contributed by atoms with Crippen molar-refractivity contribution >= 4 is 15.7 Å². The van der Waals surface area contributed by atoms with E-state index in [1.54, 1.807) is 30.0 Å². The second-order valence-corrected chi connectivity index (χ2v) is 7.79. The Kier molecular flexibility index (Phi) is 4.68. The molecule has 1 amide bonds. The number of nitrogens with two attached hydrogens (primary N) is 1. The third-order valence-electron chi connectivity index (χ3n) is 4.09. The number of hydrogen-bond acceptors (Lipinski definition) is 4. The lowest BCUT2D eigenvalue weighted by molar-refractivity contribution is 0.0739. The van der Waals surface area contributed by atoms with Crippen molar-refractivity contribution in [2.24, 2.45) is 11.7 Å². The van der Waals surface area contributed by atoms with Gasteiger partial charge in [-0.3, -0.25) is 4.79 Å². The number of likely N-dealkylation sites (tertiary alicyclic amines) is 1. The zero-order valence-corrected chi connectivity index (χ0v) is 13.3. The molecule has 2 unspecified atom stereocenters. The van der Waals surface area contributed by atoms with Gasteiger partial charge in [0.1, 0.15) is 0 Å². The van der Waals surface area contributed by atoms with E-state index in [-0.39, 0.29) is 28.2 Å². The van der Waals surface area contributed by atoms with Crippen molar-refractivity contribution in [3.63, 3.8) is 0 Å². The summed E-state index contributed by atoms with van der Waals surface area (Å²) in [7, 11) is -3.41. The fourth-order valence-electron chi connectivity index (χ4n) is 2.82. The van der Waals surface area contributed by atoms with E-state index >= 15 is 0 Å². The van der Waals surface area contributed by atoms with Crippen LogP contribution >= 0.6 is 0 Å². The molecule has 1 aliphatic heterocycles. The van der Waals surface area contributed by atoms with Gasteiger partial charge in [0.05, 0.1) is 16.2 Å². The highest BCUT2D eigenvalue weighted by molar-refractivity contribution is 7.91. The number of sulfone groups is 1. The Balaban J connectivity index is 2.37. The molecule has 1 aromatic carbocycles. The van der Waals surface area contributed by atoms with Gasteiger partial charge in [0, 0.05) is 12.6 Å². The molecule has 0 aliphatic carbocycles. The van der Waals surface area contributed by atoms with Crippen LogP contribution < -0.4 is 5.73 Å². The molecule has 1 heterocycles. The fraction of sp³-hybridized carbons (Fsp3) is 0.533. The summed E-state index contributed by atoms with van der Waals surface area (Å²) >= 11 is 0. The van der Waals surface area contributed by atoms with Crippen LogP contribution in [-0.2, 0) is 9.84 Å². The van der Waals surface area contributed by atoms with Crippen molar-refractivity contribution in [1.29, 1.82) is 0 Å². The van der Waals surface area contributed by atoms with Crippen molar-refractivity contribution in [3.8, 4) is 0 Å². The number of benzene rings is 1. The molecule has 0 bridgehead atoms. The van der Waals surface area contributed by atoms with Crippen LogP contribution in [0.15, 0.2) is 29.2 Å². The van der Waals surface area contributed by atoms with E-state index in [1.807, 2.05) is 6.92 Å². The average Bonchev–Trinajstić information content (AvgIpc) is 2.87. The number of carbonyl (C=O) groups is 1. The number of amides is 1. The standard InChI is InChI=1S/C15H22N2O3S/c1-3-21(19,20)14-7-5-4-6-13(14)15(18)17-10-12(9-16)8-11(17)2/h4-7,11-12H,3,8-10,16H2,1-2H3. The van der Waals surface area contributed by atoms with Gasteiger partial charge in [-0.1, -0.05) is 19.1 Å². The molecule has 2 N–H and O–H groups in total. The van der Waals surface area contributed by atoms with Crippen LogP contribution in [0.4, 0.5) is 0 Å². The lowest BCUT2D eigenvalue weighted by atomic mass is 10.1. The highest BCUT2D eigenvalue weighted by Crippen LogP contribution is 2.26. The Morgan fingerprint density at radius 2 is 2.05 bits per heavy atom. The molecular weight excluding hydrogens is 288 g/mol. The summed E-state index contributed by atoms with van der Waals surface area (Å²) in [6.07, 6.45) is 0.866. The van der Waals surface area contributed by atoms with Gasteiger partial charge in [-0.05, 0) is 37.9 Å². The number of hydrogen-bond donors (Lipinski definition) is 1. The summed E-state index contributed by atoms with van der Waals surface area (Å²) in [6.45, 7) is 4.70. The largest absolute Gasteiger partial charge is 0.336 e. The average molecular weight is 310 g/mol. The monoisotopic (exact) mass is 310 g/mol. The van der Waals surface area contributed by atoms with E-state index in [0.29, 0.717) is 19.0 Å². The molecule has 1 saturated heterocycles. The van der Waals surface area contributed by atoms with Gasteiger partial charge in [0.2, 0.25) is 0 Å². The molecule has 2 rings (SSSR count). The quantitative estimate of drug-likeness (QED) is 0.908. The molecule has 1 fully saturated rings. The fourth-order valence-corrected chi connectivity index (χ4v) is 3.91. The minimum atomic E-state index is -3.41. The molecule has 116 valence electrons. The highest BCUT2D eigenvalue weighted by Gasteiger charge is 2.34. The highest BCUT2D eigenvalue weighted by atomic mass is 32.2. The maximum atomic E-state index is 12.7. The predicted molar refractivity (Wildman–Crippen MR) is 81.8 cm³/mol. The molecule has 21 heavy (non-hydrogen) atoms. The van der Waals surface area contributed by atoms with Gasteiger partial charge in [0.25, 0.3) is 5.91 Å². The Morgan fingerprint density at radius 1 is 1.38 bits per heavy atom. The summed E-state index contributed by atoms with van der Waals surface area (Å²) in [5.41, 5.74) is 5.95. The van der Waals surface area contributed by atoms with Crippen LogP contribution in [0.2, 0.25) is 0 Å². The number of rotatable bonds is 4. The first-order valence-corrected chi connectivity index (χ1v) is 8.88. The van der Waals surface area contributed by atoms with Crippen LogP contribution in [0, 0.1) is 5.92 Å². The van der Waals surface area contributed by atoms with Crippen LogP contribution in [0.1, 0.15) is 30.6 Å². The minimum Gasteiger partial charge on any atom is -0.336 e. The SMILES string of the molecule is CCS(=O)(=O)c1ccccc1C(=O)N1CC(CN)CC1C. The van der Waals surface area contributed by atoms with Crippen LogP contribution in [0.5, 0.6) is 0 Å². The van der Waals surface area contributed by atoms with Gasteiger partial charge >= 0.3 is 0 Å². The zero-order chi connectivity index (χ0) is 15.6. The van der Waals surface area contributed by atoms with Crippen LogP contribution in [-0.4, -0.2) is 44.1 Å². The third kappa shape index (κ3) is 3.11. The van der Waals surface area contributed by atoms with Crippen molar-refractivity contribution in [3.05, 3.63) is 29.8 Å². The van der Waals surface area contributed by atoms with Crippen LogP contribution in [0.25, 0.3) is 0 Å². The normalized spacial score (nSPS) is 22.5. The first kappa shape index (κ1) is 16.0. The molecule has 0 saturated carbocycles. The van der Waals surface area contributed by atoms with E-state index in [4.69, 9.17) is 5.73 Å². The molecule has 0 spiro atoms. The predicted octanol–water partition coefficient (Wildman–Crippen LogP) is 1.29. The van der Waals surface area contributed by atoms with Gasteiger partial charge in [-0.2, -0.15) is 0 Å². The lowest BCUT2D eigenvalue weighted by Gasteiger charge is -2.22. The second kappa shape index (κ2) is 6.15. The summed E-state index contributed by atoms with van der Waals surface area (Å²) < 4.78 is 24.3. The van der Waals surface area contributed by atoms with Crippen molar-refractivity contribution in [2.75, 3.05) is 18.8 Å². The van der Waals surface area contributed by atoms with Gasteiger partial charge in [0.15, 0.2) is 9.84 Å². The van der Waals surface area contributed by atoms with Gasteiger partial charge in [-0.25, -0.2) is 8.42 Å². The molecule has 1 aromatic rings. The lowest BCUT2D eigenvalue weighted by Crippen LogP contribution is -2.35. The molecule has 0 aromatic heterocycles. The van der Waals surface area contributed by atoms with E-state index in [2.05, 4.69) is 0 Å². The van der Waals surface area contributed by atoms with Crippen molar-refractivity contribution in [2.45, 2.75) is 31.2 Å². The van der Waals surface area contributed by atoms with Crippen LogP contribution in [0.3, 0.4) is 0 Å². The minimum absolute atomic E-state index is 0.0156. The van der Waals surface area contributed by atoms with Gasteiger partial charge < -0.3 is 10.6 Å². The van der Waals surface area contributed by atoms with E-state index in [9.17, 15) is 13.2 Å². The summed E-state index contributed by atoms with van der Waals surface area (Å²) in [5, 5.41) is 0. The molecule has 1 aliphatic rings. The first-order valence-electron chi connectivity index (χ1n) is 7.23. The maximum absolute atomic E-state index is 12.7. The second-order valence-electron chi connectivity index (χ2n) is 5.54. The molecule has 2 atom stereocenters. The Labute approximate surface area is 126 Å². The Bertz CT molecular complexity index is 628. The summed E-state index contributed by atoms with van der Waals surface area (Å²) in [4.78, 5) is 14.6. The zero-order valence-electron chi connectivity index (χ0n) is 12.5. The molecule has 6 heteroatoms. The molecular formula is C15H22N2O3S. The Hall–Kier alpha value is -1.40. The van der Waals surface area contributed by atoms with E-state index in [1.165, 1.54) is 6.07 Å². The van der Waals surface area contributed by atoms with E-state index < -0.39 is 9.84 Å². The van der Waals surface area contributed by atoms with Gasteiger partial charge in [-0.15, -0.1) is 0 Å². The molecule has 5 nitrogen and oxygen atoms in total. The summed E-state index contributed by atoms with van der Waals surface area (Å²) in [5.74, 6) is 0.0584. The maximum Gasteiger partial charge on any atom is 0.255 e. The number of carbonyl (C=O) groups excluding carboxylic acids is 1.